The second-order valence-corrected chi connectivity index (χ2v) is 8.61. The zero-order chi connectivity index (χ0) is 21.2. The number of halogens is 1. The van der Waals surface area contributed by atoms with Gasteiger partial charge in [0, 0.05) is 40.3 Å². The number of aromatic amines is 1. The average molecular weight is 418 g/mol. The van der Waals surface area contributed by atoms with Crippen LogP contribution in [0, 0.1) is 20.8 Å². The molecule has 5 rings (SSSR count). The Kier molecular flexibility index (Phi) is 4.30. The Morgan fingerprint density at radius 1 is 1.13 bits per heavy atom. The van der Waals surface area contributed by atoms with Crippen molar-refractivity contribution in [2.75, 3.05) is 23.1 Å². The molecule has 4 aromatic rings. The first-order valence-electron chi connectivity index (χ1n) is 10.2. The summed E-state index contributed by atoms with van der Waals surface area (Å²) < 4.78 is 0. The zero-order valence-electron chi connectivity index (χ0n) is 17.3. The molecule has 1 atom stereocenters. The Balaban J connectivity index is 1.65. The first-order valence-corrected chi connectivity index (χ1v) is 10.7. The highest BCUT2D eigenvalue weighted by Gasteiger charge is 2.35. The van der Waals surface area contributed by atoms with Crippen LogP contribution in [0.15, 0.2) is 42.5 Å². The molecule has 1 amide bonds. The highest BCUT2D eigenvalue weighted by atomic mass is 35.5. The van der Waals surface area contributed by atoms with Crippen molar-refractivity contribution in [1.82, 2.24) is 4.98 Å². The number of fused-ring (bicyclic) bond motifs is 4. The van der Waals surface area contributed by atoms with E-state index in [1.807, 2.05) is 35.2 Å². The number of nitrogens with one attached hydrogen (secondary N) is 1. The maximum atomic E-state index is 13.6. The fourth-order valence-electron chi connectivity index (χ4n) is 4.77. The van der Waals surface area contributed by atoms with Gasteiger partial charge in [0.2, 0.25) is 0 Å². The molecule has 30 heavy (non-hydrogen) atoms. The summed E-state index contributed by atoms with van der Waals surface area (Å²) in [6.07, 6.45) is 0. The van der Waals surface area contributed by atoms with E-state index in [0.717, 1.165) is 32.9 Å². The molecule has 2 heterocycles. The second kappa shape index (κ2) is 6.78. The standard InChI is InChI=1S/C25H24ClN3O/c1-13-8-16-9-21(28-24(16)15(3)14(13)2)25(30)29-12-17(11-26)23-19-7-5-4-6-18(19)20(27)10-22(23)29/h4-10,17,28H,11-12,27H2,1-3H3. The fraction of sp³-hybridized carbons (Fsp3) is 0.240. The number of aryl methyl sites for hydroxylation is 2. The summed E-state index contributed by atoms with van der Waals surface area (Å²) >= 11 is 6.33. The number of benzene rings is 3. The molecule has 0 aliphatic carbocycles. The van der Waals surface area contributed by atoms with Gasteiger partial charge in [-0.1, -0.05) is 24.3 Å². The third-order valence-corrected chi connectivity index (χ3v) is 6.98. The maximum Gasteiger partial charge on any atom is 0.274 e. The van der Waals surface area contributed by atoms with E-state index in [-0.39, 0.29) is 11.8 Å². The Bertz CT molecular complexity index is 1340. The number of hydrogen-bond acceptors (Lipinski definition) is 2. The number of carbonyl (C=O) groups excluding carboxylic acids is 1. The number of anilines is 2. The minimum absolute atomic E-state index is 0.0514. The van der Waals surface area contributed by atoms with Crippen LogP contribution in [-0.4, -0.2) is 23.3 Å². The summed E-state index contributed by atoms with van der Waals surface area (Å²) in [6, 6.07) is 14.1. The number of rotatable bonds is 2. The normalized spacial score (nSPS) is 15.9. The van der Waals surface area contributed by atoms with Crippen LogP contribution in [0.2, 0.25) is 0 Å². The Labute approximate surface area is 180 Å². The quantitative estimate of drug-likeness (QED) is 0.319. The summed E-state index contributed by atoms with van der Waals surface area (Å²) in [7, 11) is 0. The topological polar surface area (TPSA) is 62.1 Å². The van der Waals surface area contributed by atoms with Crippen LogP contribution in [0.25, 0.3) is 21.7 Å². The molecule has 0 saturated carbocycles. The van der Waals surface area contributed by atoms with E-state index in [1.165, 1.54) is 16.7 Å². The molecule has 1 aliphatic rings. The third kappa shape index (κ3) is 2.63. The number of aromatic nitrogens is 1. The van der Waals surface area contributed by atoms with Crippen molar-refractivity contribution in [2.24, 2.45) is 0 Å². The summed E-state index contributed by atoms with van der Waals surface area (Å²) in [6.45, 7) is 6.86. The van der Waals surface area contributed by atoms with Gasteiger partial charge in [-0.2, -0.15) is 0 Å². The van der Waals surface area contributed by atoms with E-state index in [4.69, 9.17) is 17.3 Å². The van der Waals surface area contributed by atoms with Gasteiger partial charge in [-0.3, -0.25) is 4.79 Å². The van der Waals surface area contributed by atoms with Crippen molar-refractivity contribution >= 4 is 50.6 Å². The van der Waals surface area contributed by atoms with E-state index in [9.17, 15) is 4.79 Å². The lowest BCUT2D eigenvalue weighted by atomic mass is 9.95. The van der Waals surface area contributed by atoms with Crippen molar-refractivity contribution in [2.45, 2.75) is 26.7 Å². The van der Waals surface area contributed by atoms with Gasteiger partial charge in [0.1, 0.15) is 5.69 Å². The zero-order valence-corrected chi connectivity index (χ0v) is 18.1. The monoisotopic (exact) mass is 417 g/mol. The first kappa shape index (κ1) is 19.0. The number of nitrogen functional groups attached to an aromatic ring is 1. The molecule has 0 fully saturated rings. The summed E-state index contributed by atoms with van der Waals surface area (Å²) in [5.41, 5.74) is 14.3. The van der Waals surface area contributed by atoms with Gasteiger partial charge in [-0.05, 0) is 66.6 Å². The van der Waals surface area contributed by atoms with Gasteiger partial charge in [-0.25, -0.2) is 0 Å². The van der Waals surface area contributed by atoms with Crippen LogP contribution in [0.5, 0.6) is 0 Å². The van der Waals surface area contributed by atoms with Gasteiger partial charge in [-0.15, -0.1) is 11.6 Å². The van der Waals surface area contributed by atoms with E-state index >= 15 is 0 Å². The van der Waals surface area contributed by atoms with Crippen molar-refractivity contribution < 1.29 is 4.79 Å². The number of nitrogens with two attached hydrogens (primary N) is 1. The van der Waals surface area contributed by atoms with Gasteiger partial charge >= 0.3 is 0 Å². The number of H-pyrrole nitrogens is 1. The average Bonchev–Trinajstić information content (AvgIpc) is 3.33. The Morgan fingerprint density at radius 3 is 2.60 bits per heavy atom. The van der Waals surface area contributed by atoms with Crippen molar-refractivity contribution in [3.8, 4) is 0 Å². The molecule has 0 radical (unpaired) electrons. The van der Waals surface area contributed by atoms with Gasteiger partial charge in [0.15, 0.2) is 0 Å². The molecule has 1 aliphatic heterocycles. The molecule has 3 aromatic carbocycles. The highest BCUT2D eigenvalue weighted by molar-refractivity contribution is 6.19. The lowest BCUT2D eigenvalue weighted by Crippen LogP contribution is -2.30. The van der Waals surface area contributed by atoms with Crippen molar-refractivity contribution in [3.05, 3.63) is 70.4 Å². The summed E-state index contributed by atoms with van der Waals surface area (Å²) in [5.74, 6) is 0.478. The fourth-order valence-corrected chi connectivity index (χ4v) is 5.02. The highest BCUT2D eigenvalue weighted by Crippen LogP contribution is 2.44. The lowest BCUT2D eigenvalue weighted by molar-refractivity contribution is 0.0984. The molecule has 0 saturated heterocycles. The molecular formula is C25H24ClN3O. The Hall–Kier alpha value is -2.98. The molecule has 0 spiro atoms. The van der Waals surface area contributed by atoms with Crippen LogP contribution in [0.4, 0.5) is 11.4 Å². The number of carbonyl (C=O) groups is 1. The first-order chi connectivity index (χ1) is 14.4. The van der Waals surface area contributed by atoms with Crippen LogP contribution in [0.1, 0.15) is 38.7 Å². The van der Waals surface area contributed by atoms with Crippen LogP contribution in [0.3, 0.4) is 0 Å². The van der Waals surface area contributed by atoms with Crippen molar-refractivity contribution in [1.29, 1.82) is 0 Å². The lowest BCUT2D eigenvalue weighted by Gasteiger charge is -2.18. The Morgan fingerprint density at radius 2 is 1.87 bits per heavy atom. The minimum Gasteiger partial charge on any atom is -0.398 e. The molecule has 3 N–H and O–H groups in total. The predicted molar refractivity (Wildman–Crippen MR) is 126 cm³/mol. The van der Waals surface area contributed by atoms with E-state index in [2.05, 4.69) is 37.9 Å². The SMILES string of the molecule is Cc1cc2cc(C(=O)N3CC(CCl)c4c3cc(N)c3ccccc43)[nH]c2c(C)c1C. The number of hydrogen-bond donors (Lipinski definition) is 2. The van der Waals surface area contributed by atoms with Gasteiger partial charge in [0.05, 0.1) is 5.69 Å². The molecule has 152 valence electrons. The third-order valence-electron chi connectivity index (χ3n) is 6.61. The molecule has 5 heteroatoms. The van der Waals surface area contributed by atoms with Crippen LogP contribution < -0.4 is 10.6 Å². The number of alkyl halides is 1. The van der Waals surface area contributed by atoms with Crippen molar-refractivity contribution in [3.63, 3.8) is 0 Å². The molecule has 0 bridgehead atoms. The van der Waals surface area contributed by atoms with Gasteiger partial charge in [0.25, 0.3) is 5.91 Å². The molecular weight excluding hydrogens is 394 g/mol. The predicted octanol–water partition coefficient (Wildman–Crippen LogP) is 5.81. The molecule has 1 aromatic heterocycles. The van der Waals surface area contributed by atoms with E-state index in [1.54, 1.807) is 0 Å². The summed E-state index contributed by atoms with van der Waals surface area (Å²) in [5, 5.41) is 3.14. The number of nitrogens with zero attached hydrogens (tertiary/aromatic N) is 1. The number of amides is 1. The molecule has 1 unspecified atom stereocenters. The van der Waals surface area contributed by atoms with Crippen LogP contribution >= 0.6 is 11.6 Å². The largest absolute Gasteiger partial charge is 0.398 e. The maximum absolute atomic E-state index is 13.6. The smallest absolute Gasteiger partial charge is 0.274 e. The molecule has 4 nitrogen and oxygen atoms in total. The van der Waals surface area contributed by atoms with Crippen LogP contribution in [-0.2, 0) is 0 Å². The minimum atomic E-state index is -0.0514. The van der Waals surface area contributed by atoms with E-state index in [0.29, 0.717) is 23.8 Å². The second-order valence-electron chi connectivity index (χ2n) is 8.30. The summed E-state index contributed by atoms with van der Waals surface area (Å²) in [4.78, 5) is 18.8. The van der Waals surface area contributed by atoms with Gasteiger partial charge < -0.3 is 15.6 Å². The van der Waals surface area contributed by atoms with E-state index < -0.39 is 0 Å².